The number of nitrogens with zero attached hydrogens (tertiary/aromatic N) is 4. The molecule has 0 aliphatic carbocycles. The van der Waals surface area contributed by atoms with Crippen molar-refractivity contribution in [2.75, 3.05) is 79.5 Å². The molecule has 150 valence electrons. The molecule has 0 aromatic heterocycles. The number of likely N-dealkylation sites (N-methyl/N-ethyl adjacent to an activating group) is 3. The van der Waals surface area contributed by atoms with E-state index in [-0.39, 0.29) is 18.8 Å². The van der Waals surface area contributed by atoms with Crippen molar-refractivity contribution in [1.82, 2.24) is 19.6 Å². The van der Waals surface area contributed by atoms with Crippen LogP contribution in [-0.4, -0.2) is 123 Å². The Morgan fingerprint density at radius 2 is 1.08 bits per heavy atom. The Hall–Kier alpha value is -1.93. The molecule has 0 amide bonds. The van der Waals surface area contributed by atoms with Crippen molar-refractivity contribution in [3.63, 3.8) is 0 Å². The van der Waals surface area contributed by atoms with Gasteiger partial charge in [0.25, 0.3) is 0 Å². The van der Waals surface area contributed by atoms with Crippen LogP contribution in [0.2, 0.25) is 0 Å². The van der Waals surface area contributed by atoms with Gasteiger partial charge in [0.05, 0.1) is 6.54 Å². The van der Waals surface area contributed by atoms with E-state index in [0.717, 1.165) is 58.9 Å². The van der Waals surface area contributed by atoms with E-state index in [1.807, 2.05) is 4.90 Å². The summed E-state index contributed by atoms with van der Waals surface area (Å²) in [7, 11) is 4.28. The average molecular weight is 374 g/mol. The van der Waals surface area contributed by atoms with E-state index >= 15 is 0 Å². The van der Waals surface area contributed by atoms with Crippen molar-refractivity contribution in [3.8, 4) is 0 Å². The second-order valence-corrected chi connectivity index (χ2v) is 5.88. The Morgan fingerprint density at radius 1 is 0.769 bits per heavy atom. The standard InChI is InChI=1S/C14H30N4O2.2CO2/c1-4-17-9-7-15(2)5-6-16(3)8-10-18(12-11-17)13-14(19)20;2*2-1-3/h4-13H2,1-3H3,(H,19,20);;. The number of carbonyl (C=O) groups excluding carboxylic acids is 4. The van der Waals surface area contributed by atoms with E-state index in [4.69, 9.17) is 24.3 Å². The van der Waals surface area contributed by atoms with Gasteiger partial charge < -0.3 is 19.8 Å². The third-order valence-corrected chi connectivity index (χ3v) is 4.00. The fourth-order valence-electron chi connectivity index (χ4n) is 2.36. The molecule has 0 aromatic carbocycles. The summed E-state index contributed by atoms with van der Waals surface area (Å²) in [5.41, 5.74) is 0. The molecular formula is C16H30N4O6. The third-order valence-electron chi connectivity index (χ3n) is 4.00. The normalized spacial score (nSPS) is 18.4. The maximum Gasteiger partial charge on any atom is 0.373 e. The van der Waals surface area contributed by atoms with Gasteiger partial charge in [0.1, 0.15) is 0 Å². The third kappa shape index (κ3) is 16.9. The number of carboxylic acids is 1. The molecule has 10 nitrogen and oxygen atoms in total. The first kappa shape index (κ1) is 26.3. The van der Waals surface area contributed by atoms with E-state index in [9.17, 15) is 4.79 Å². The van der Waals surface area contributed by atoms with Crippen LogP contribution >= 0.6 is 0 Å². The van der Waals surface area contributed by atoms with Crippen LogP contribution in [0.5, 0.6) is 0 Å². The number of carboxylic acid groups (broad SMARTS) is 1. The van der Waals surface area contributed by atoms with Crippen LogP contribution in [0.25, 0.3) is 0 Å². The summed E-state index contributed by atoms with van der Waals surface area (Å²) < 4.78 is 0. The van der Waals surface area contributed by atoms with E-state index in [1.54, 1.807) is 0 Å². The van der Waals surface area contributed by atoms with Crippen molar-refractivity contribution in [2.45, 2.75) is 6.92 Å². The molecule has 1 rings (SSSR count). The van der Waals surface area contributed by atoms with Crippen LogP contribution in [0.3, 0.4) is 0 Å². The number of aliphatic carboxylic acids is 1. The second kappa shape index (κ2) is 17.9. The Balaban J connectivity index is 0. The predicted octanol–water partition coefficient (Wildman–Crippen LogP) is -1.59. The van der Waals surface area contributed by atoms with Gasteiger partial charge in [-0.3, -0.25) is 9.69 Å². The molecule has 1 fully saturated rings. The van der Waals surface area contributed by atoms with Crippen LogP contribution in [0.1, 0.15) is 6.92 Å². The molecular weight excluding hydrogens is 344 g/mol. The largest absolute Gasteiger partial charge is 0.480 e. The number of rotatable bonds is 3. The van der Waals surface area contributed by atoms with Crippen molar-refractivity contribution in [2.24, 2.45) is 0 Å². The fraction of sp³-hybridized carbons (Fsp3) is 0.812. The van der Waals surface area contributed by atoms with Gasteiger partial charge in [-0.05, 0) is 20.6 Å². The Kier molecular flexibility index (Phi) is 18.1. The summed E-state index contributed by atoms with van der Waals surface area (Å²) in [6.45, 7) is 11.1. The van der Waals surface area contributed by atoms with Gasteiger partial charge in [0, 0.05) is 52.4 Å². The van der Waals surface area contributed by atoms with Crippen molar-refractivity contribution >= 4 is 18.3 Å². The molecule has 0 spiro atoms. The van der Waals surface area contributed by atoms with Gasteiger partial charge in [-0.2, -0.15) is 19.2 Å². The fourth-order valence-corrected chi connectivity index (χ4v) is 2.36. The van der Waals surface area contributed by atoms with Crippen LogP contribution in [0.15, 0.2) is 0 Å². The van der Waals surface area contributed by atoms with Gasteiger partial charge in [0.2, 0.25) is 0 Å². The highest BCUT2D eigenvalue weighted by atomic mass is 16.4. The topological polar surface area (TPSA) is 119 Å². The molecule has 0 bridgehead atoms. The Labute approximate surface area is 154 Å². The summed E-state index contributed by atoms with van der Waals surface area (Å²) in [6.07, 6.45) is 0.500. The second-order valence-electron chi connectivity index (χ2n) is 5.88. The minimum atomic E-state index is -0.734. The number of hydrogen-bond acceptors (Lipinski definition) is 9. The smallest absolute Gasteiger partial charge is 0.373 e. The van der Waals surface area contributed by atoms with Crippen molar-refractivity contribution in [3.05, 3.63) is 0 Å². The molecule has 1 heterocycles. The zero-order chi connectivity index (χ0) is 20.4. The highest BCUT2D eigenvalue weighted by Crippen LogP contribution is 1.98. The summed E-state index contributed by atoms with van der Waals surface area (Å²) in [5.74, 6) is -0.734. The lowest BCUT2D eigenvalue weighted by Gasteiger charge is -2.31. The monoisotopic (exact) mass is 374 g/mol. The highest BCUT2D eigenvalue weighted by Gasteiger charge is 2.14. The van der Waals surface area contributed by atoms with E-state index in [1.165, 1.54) is 0 Å². The minimum Gasteiger partial charge on any atom is -0.480 e. The summed E-state index contributed by atoms with van der Waals surface area (Å²) in [4.78, 5) is 52.5. The van der Waals surface area contributed by atoms with E-state index in [0.29, 0.717) is 0 Å². The van der Waals surface area contributed by atoms with Crippen LogP contribution < -0.4 is 0 Å². The first-order valence-corrected chi connectivity index (χ1v) is 8.36. The van der Waals surface area contributed by atoms with Crippen LogP contribution in [-0.2, 0) is 24.0 Å². The average Bonchev–Trinajstić information content (AvgIpc) is 2.57. The first-order valence-electron chi connectivity index (χ1n) is 8.36. The summed E-state index contributed by atoms with van der Waals surface area (Å²) in [5, 5.41) is 9.00. The maximum absolute atomic E-state index is 10.9. The first-order chi connectivity index (χ1) is 12.3. The SMILES string of the molecule is CCN1CCN(C)CCN(C)CCN(CC(=O)O)CC1.O=C=O.O=C=O. The van der Waals surface area contributed by atoms with E-state index in [2.05, 4.69) is 35.7 Å². The number of hydrogen-bond donors (Lipinski definition) is 1. The molecule has 0 radical (unpaired) electrons. The van der Waals surface area contributed by atoms with E-state index < -0.39 is 5.97 Å². The molecule has 0 atom stereocenters. The molecule has 0 saturated carbocycles. The van der Waals surface area contributed by atoms with Gasteiger partial charge in [-0.1, -0.05) is 6.92 Å². The minimum absolute atomic E-state index is 0.144. The van der Waals surface area contributed by atoms with Crippen LogP contribution in [0.4, 0.5) is 0 Å². The van der Waals surface area contributed by atoms with Gasteiger partial charge in [-0.25, -0.2) is 0 Å². The lowest BCUT2D eigenvalue weighted by molar-refractivity contribution is -0.193. The lowest BCUT2D eigenvalue weighted by atomic mass is 10.3. The molecule has 0 unspecified atom stereocenters. The summed E-state index contributed by atoms with van der Waals surface area (Å²) >= 11 is 0. The Bertz CT molecular complexity index is 424. The zero-order valence-corrected chi connectivity index (χ0v) is 15.8. The van der Waals surface area contributed by atoms with Gasteiger partial charge in [-0.15, -0.1) is 0 Å². The Morgan fingerprint density at radius 3 is 1.46 bits per heavy atom. The summed E-state index contributed by atoms with van der Waals surface area (Å²) in [6, 6.07) is 0. The predicted molar refractivity (Wildman–Crippen MR) is 91.2 cm³/mol. The van der Waals surface area contributed by atoms with Crippen molar-refractivity contribution in [1.29, 1.82) is 0 Å². The molecule has 10 heteroatoms. The lowest BCUT2D eigenvalue weighted by Crippen LogP contribution is -2.45. The maximum atomic E-state index is 10.9. The van der Waals surface area contributed by atoms with Gasteiger partial charge >= 0.3 is 18.3 Å². The number of carbonyl (C=O) groups is 1. The van der Waals surface area contributed by atoms with Gasteiger partial charge in [0.15, 0.2) is 0 Å². The molecule has 1 N–H and O–H groups in total. The van der Waals surface area contributed by atoms with Crippen molar-refractivity contribution < 1.29 is 29.1 Å². The molecule has 26 heavy (non-hydrogen) atoms. The molecule has 1 aliphatic rings. The molecule has 1 saturated heterocycles. The zero-order valence-electron chi connectivity index (χ0n) is 15.8. The molecule has 1 aliphatic heterocycles. The highest BCUT2D eigenvalue weighted by molar-refractivity contribution is 5.69. The molecule has 0 aromatic rings. The quantitative estimate of drug-likeness (QED) is 0.619. The van der Waals surface area contributed by atoms with Crippen LogP contribution in [0, 0.1) is 0 Å².